The normalized spacial score (nSPS) is 10.5. The number of hydrogen-bond acceptors (Lipinski definition) is 2. The number of amides is 1. The van der Waals surface area contributed by atoms with Crippen LogP contribution in [-0.2, 0) is 0 Å². The molecular weight excluding hydrogens is 348 g/mol. The quantitative estimate of drug-likeness (QED) is 0.657. The molecule has 0 spiro atoms. The zero-order valence-electron chi connectivity index (χ0n) is 14.8. The maximum atomic E-state index is 14.1. The molecule has 3 nitrogen and oxygen atoms in total. The highest BCUT2D eigenvalue weighted by molar-refractivity contribution is 6.15. The van der Waals surface area contributed by atoms with Crippen molar-refractivity contribution in [1.82, 2.24) is 0 Å². The Labute approximate surface area is 155 Å². The second-order valence-electron chi connectivity index (χ2n) is 6.22. The molecule has 5 heteroatoms. The maximum Gasteiger partial charge on any atom is 0.258 e. The summed E-state index contributed by atoms with van der Waals surface area (Å²) in [4.78, 5) is 25.3. The van der Waals surface area contributed by atoms with Crippen molar-refractivity contribution in [2.45, 2.75) is 13.8 Å². The number of halogens is 2. The minimum absolute atomic E-state index is 0.0952. The second-order valence-corrected chi connectivity index (χ2v) is 6.22. The van der Waals surface area contributed by atoms with Crippen molar-refractivity contribution < 1.29 is 18.4 Å². The van der Waals surface area contributed by atoms with Crippen molar-refractivity contribution in [2.75, 3.05) is 5.32 Å². The van der Waals surface area contributed by atoms with E-state index in [9.17, 15) is 18.4 Å². The zero-order chi connectivity index (χ0) is 19.6. The lowest BCUT2D eigenvalue weighted by molar-refractivity contribution is 0.102. The summed E-state index contributed by atoms with van der Waals surface area (Å²) in [6.45, 7) is 3.64. The van der Waals surface area contributed by atoms with E-state index in [1.54, 1.807) is 24.3 Å². The first-order valence-corrected chi connectivity index (χ1v) is 8.35. The highest BCUT2D eigenvalue weighted by Gasteiger charge is 2.20. The summed E-state index contributed by atoms with van der Waals surface area (Å²) in [6, 6.07) is 14.4. The first kappa shape index (κ1) is 18.5. The van der Waals surface area contributed by atoms with Crippen molar-refractivity contribution in [3.8, 4) is 0 Å². The highest BCUT2D eigenvalue weighted by Crippen LogP contribution is 2.25. The van der Waals surface area contributed by atoms with Gasteiger partial charge in [0.25, 0.3) is 5.91 Å². The fourth-order valence-electron chi connectivity index (χ4n) is 2.73. The van der Waals surface area contributed by atoms with Crippen molar-refractivity contribution in [1.29, 1.82) is 0 Å². The average Bonchev–Trinajstić information content (AvgIpc) is 2.64. The summed E-state index contributed by atoms with van der Waals surface area (Å²) in [5.41, 5.74) is 1.78. The van der Waals surface area contributed by atoms with Gasteiger partial charge in [0.15, 0.2) is 5.78 Å². The number of hydrogen-bond donors (Lipinski definition) is 1. The summed E-state index contributed by atoms with van der Waals surface area (Å²) in [7, 11) is 0. The molecule has 0 atom stereocenters. The lowest BCUT2D eigenvalue weighted by atomic mass is 9.96. The van der Waals surface area contributed by atoms with E-state index in [1.165, 1.54) is 36.4 Å². The lowest BCUT2D eigenvalue weighted by Crippen LogP contribution is -2.17. The summed E-state index contributed by atoms with van der Waals surface area (Å²) < 4.78 is 27.9. The van der Waals surface area contributed by atoms with Crippen LogP contribution in [0.3, 0.4) is 0 Å². The van der Waals surface area contributed by atoms with Gasteiger partial charge in [-0.15, -0.1) is 0 Å². The SMILES string of the molecule is Cc1cc(NC(=O)c2ccccc2F)c(C(=O)c2ccccc2F)cc1C. The Morgan fingerprint density at radius 2 is 1.26 bits per heavy atom. The molecule has 0 unspecified atom stereocenters. The summed E-state index contributed by atoms with van der Waals surface area (Å²) in [6.07, 6.45) is 0. The van der Waals surface area contributed by atoms with Gasteiger partial charge in [0, 0.05) is 5.56 Å². The standard InChI is InChI=1S/C22H17F2NO2/c1-13-11-17(21(26)15-7-3-5-9-18(15)23)20(12-14(13)2)25-22(27)16-8-4-6-10-19(16)24/h3-12H,1-2H3,(H,25,27). The summed E-state index contributed by atoms with van der Waals surface area (Å²) >= 11 is 0. The molecule has 0 bridgehead atoms. The molecule has 0 aliphatic carbocycles. The molecule has 3 aromatic carbocycles. The van der Waals surface area contributed by atoms with E-state index in [2.05, 4.69) is 5.32 Å². The predicted molar refractivity (Wildman–Crippen MR) is 100 cm³/mol. The van der Waals surface area contributed by atoms with Gasteiger partial charge < -0.3 is 5.32 Å². The van der Waals surface area contributed by atoms with Gasteiger partial charge in [-0.25, -0.2) is 8.78 Å². The molecule has 1 amide bonds. The van der Waals surface area contributed by atoms with Crippen molar-refractivity contribution >= 4 is 17.4 Å². The van der Waals surface area contributed by atoms with Crippen LogP contribution in [0.1, 0.15) is 37.4 Å². The Kier molecular flexibility index (Phi) is 5.12. The third-order valence-electron chi connectivity index (χ3n) is 4.36. The Morgan fingerprint density at radius 3 is 1.85 bits per heavy atom. The van der Waals surface area contributed by atoms with Gasteiger partial charge in [-0.05, 0) is 61.4 Å². The molecule has 3 rings (SSSR count). The first-order valence-electron chi connectivity index (χ1n) is 8.35. The molecule has 0 radical (unpaired) electrons. The molecule has 0 aliphatic rings. The first-order chi connectivity index (χ1) is 12.9. The predicted octanol–water partition coefficient (Wildman–Crippen LogP) is 5.06. The molecule has 0 saturated heterocycles. The van der Waals surface area contributed by atoms with Gasteiger partial charge in [0.05, 0.1) is 16.8 Å². The van der Waals surface area contributed by atoms with Gasteiger partial charge in [0.2, 0.25) is 0 Å². The van der Waals surface area contributed by atoms with E-state index >= 15 is 0 Å². The topological polar surface area (TPSA) is 46.2 Å². The maximum absolute atomic E-state index is 14.1. The van der Waals surface area contributed by atoms with Crippen LogP contribution in [0.2, 0.25) is 0 Å². The van der Waals surface area contributed by atoms with Gasteiger partial charge in [-0.1, -0.05) is 24.3 Å². The van der Waals surface area contributed by atoms with Crippen molar-refractivity contribution in [3.05, 3.63) is 100 Å². The Balaban J connectivity index is 2.04. The number of rotatable bonds is 4. The summed E-state index contributed by atoms with van der Waals surface area (Å²) in [5.74, 6) is -2.55. The van der Waals surface area contributed by atoms with E-state index in [0.29, 0.717) is 0 Å². The molecule has 0 saturated carbocycles. The molecule has 0 aromatic heterocycles. The van der Waals surface area contributed by atoms with E-state index in [4.69, 9.17) is 0 Å². The fraction of sp³-hybridized carbons (Fsp3) is 0.0909. The van der Waals surface area contributed by atoms with E-state index in [0.717, 1.165) is 11.1 Å². The molecule has 0 fully saturated rings. The Bertz CT molecular complexity index is 1040. The van der Waals surface area contributed by atoms with Crippen molar-refractivity contribution in [2.24, 2.45) is 0 Å². The molecule has 136 valence electrons. The fourth-order valence-corrected chi connectivity index (χ4v) is 2.73. The average molecular weight is 365 g/mol. The zero-order valence-corrected chi connectivity index (χ0v) is 14.8. The molecule has 3 aromatic rings. The number of carbonyl (C=O) groups is 2. The highest BCUT2D eigenvalue weighted by atomic mass is 19.1. The Morgan fingerprint density at radius 1 is 0.741 bits per heavy atom. The number of anilines is 1. The van der Waals surface area contributed by atoms with Crippen LogP contribution in [-0.4, -0.2) is 11.7 Å². The smallest absolute Gasteiger partial charge is 0.258 e. The number of ketones is 1. The molecule has 27 heavy (non-hydrogen) atoms. The van der Waals surface area contributed by atoms with Crippen LogP contribution in [0.5, 0.6) is 0 Å². The van der Waals surface area contributed by atoms with Crippen molar-refractivity contribution in [3.63, 3.8) is 0 Å². The number of benzene rings is 3. The van der Waals surface area contributed by atoms with Crippen LogP contribution in [0, 0.1) is 25.5 Å². The molecule has 0 aliphatic heterocycles. The van der Waals surface area contributed by atoms with Crippen LogP contribution >= 0.6 is 0 Å². The molecule has 0 heterocycles. The van der Waals surface area contributed by atoms with Crippen LogP contribution < -0.4 is 5.32 Å². The third kappa shape index (κ3) is 3.77. The van der Waals surface area contributed by atoms with Gasteiger partial charge in [-0.2, -0.15) is 0 Å². The molecular formula is C22H17F2NO2. The number of nitrogens with one attached hydrogen (secondary N) is 1. The van der Waals surface area contributed by atoms with Crippen LogP contribution in [0.15, 0.2) is 60.7 Å². The van der Waals surface area contributed by atoms with E-state index in [1.807, 2.05) is 13.8 Å². The number of aryl methyl sites for hydroxylation is 2. The summed E-state index contributed by atoms with van der Waals surface area (Å²) in [5, 5.41) is 2.58. The van der Waals surface area contributed by atoms with Gasteiger partial charge in [-0.3, -0.25) is 9.59 Å². The van der Waals surface area contributed by atoms with E-state index < -0.39 is 23.3 Å². The lowest BCUT2D eigenvalue weighted by Gasteiger charge is -2.14. The van der Waals surface area contributed by atoms with Crippen LogP contribution in [0.25, 0.3) is 0 Å². The minimum Gasteiger partial charge on any atom is -0.321 e. The largest absolute Gasteiger partial charge is 0.321 e. The molecule has 1 N–H and O–H groups in total. The van der Waals surface area contributed by atoms with Gasteiger partial charge >= 0.3 is 0 Å². The van der Waals surface area contributed by atoms with Crippen LogP contribution in [0.4, 0.5) is 14.5 Å². The minimum atomic E-state index is -0.682. The third-order valence-corrected chi connectivity index (χ3v) is 4.36. The number of carbonyl (C=O) groups excluding carboxylic acids is 2. The van der Waals surface area contributed by atoms with Gasteiger partial charge in [0.1, 0.15) is 11.6 Å². The van der Waals surface area contributed by atoms with E-state index in [-0.39, 0.29) is 22.4 Å². The monoisotopic (exact) mass is 365 g/mol. The second kappa shape index (κ2) is 7.50. The Hall–Kier alpha value is -3.34.